The first-order chi connectivity index (χ1) is 10.2. The molecule has 0 heterocycles. The van der Waals surface area contributed by atoms with E-state index >= 15 is 0 Å². The molecule has 1 rings (SSSR count). The minimum atomic E-state index is 0.0539. The Morgan fingerprint density at radius 2 is 2.19 bits per heavy atom. The minimum absolute atomic E-state index is 0.0539. The molecule has 114 valence electrons. The van der Waals surface area contributed by atoms with Gasteiger partial charge in [-0.25, -0.2) is 0 Å². The second-order valence-corrected chi connectivity index (χ2v) is 4.73. The summed E-state index contributed by atoms with van der Waals surface area (Å²) >= 11 is 0. The van der Waals surface area contributed by atoms with Crippen molar-refractivity contribution in [3.8, 4) is 11.8 Å². The Bertz CT molecular complexity index is 503. The molecule has 1 amide bonds. The molecule has 0 aliphatic heterocycles. The molecule has 0 unspecified atom stereocenters. The number of hydrogen-bond acceptors (Lipinski definition) is 3. The molecule has 0 aliphatic carbocycles. The zero-order valence-electron chi connectivity index (χ0n) is 12.9. The van der Waals surface area contributed by atoms with Crippen LogP contribution >= 0.6 is 0 Å². The molecule has 21 heavy (non-hydrogen) atoms. The van der Waals surface area contributed by atoms with Crippen LogP contribution in [0.3, 0.4) is 0 Å². The third kappa shape index (κ3) is 6.94. The predicted molar refractivity (Wildman–Crippen MR) is 84.7 cm³/mol. The van der Waals surface area contributed by atoms with E-state index in [0.717, 1.165) is 24.2 Å². The van der Waals surface area contributed by atoms with Crippen LogP contribution in [-0.4, -0.2) is 42.2 Å². The number of carbonyl (C=O) groups excluding carboxylic acids is 1. The van der Waals surface area contributed by atoms with Gasteiger partial charge in [0, 0.05) is 25.1 Å². The van der Waals surface area contributed by atoms with Gasteiger partial charge in [0.05, 0.1) is 13.2 Å². The Kier molecular flexibility index (Phi) is 8.18. The van der Waals surface area contributed by atoms with Crippen molar-refractivity contribution in [1.29, 1.82) is 0 Å². The van der Waals surface area contributed by atoms with Gasteiger partial charge < -0.3 is 10.4 Å². The van der Waals surface area contributed by atoms with E-state index in [1.807, 2.05) is 38.1 Å². The highest BCUT2D eigenvalue weighted by Gasteiger charge is 2.08. The molecule has 1 aromatic rings. The molecular formula is C17H24N2O2. The van der Waals surface area contributed by atoms with Crippen LogP contribution in [0, 0.1) is 11.8 Å². The fourth-order valence-corrected chi connectivity index (χ4v) is 1.96. The predicted octanol–water partition coefficient (Wildman–Crippen LogP) is 1.38. The van der Waals surface area contributed by atoms with E-state index in [1.165, 1.54) is 0 Å². The number of nitrogens with zero attached hydrogens (tertiary/aromatic N) is 1. The van der Waals surface area contributed by atoms with Gasteiger partial charge in [-0.1, -0.05) is 30.9 Å². The fraction of sp³-hybridized carbons (Fsp3) is 0.471. The normalized spacial score (nSPS) is 10.1. The topological polar surface area (TPSA) is 52.6 Å². The molecule has 0 saturated heterocycles. The van der Waals surface area contributed by atoms with E-state index in [0.29, 0.717) is 19.5 Å². The summed E-state index contributed by atoms with van der Waals surface area (Å²) in [5.41, 5.74) is 2.08. The quantitative estimate of drug-likeness (QED) is 0.745. The fourth-order valence-electron chi connectivity index (χ4n) is 1.96. The van der Waals surface area contributed by atoms with Crippen molar-refractivity contribution in [2.24, 2.45) is 0 Å². The maximum atomic E-state index is 11.6. The number of nitrogens with one attached hydrogen (secondary N) is 1. The third-order valence-electron chi connectivity index (χ3n) is 2.99. The van der Waals surface area contributed by atoms with Crippen molar-refractivity contribution in [2.45, 2.75) is 26.8 Å². The van der Waals surface area contributed by atoms with Gasteiger partial charge in [0.15, 0.2) is 0 Å². The lowest BCUT2D eigenvalue weighted by molar-refractivity contribution is -0.122. The maximum Gasteiger partial charge on any atom is 0.234 e. The lowest BCUT2D eigenvalue weighted by atomic mass is 10.1. The van der Waals surface area contributed by atoms with Crippen molar-refractivity contribution in [3.05, 3.63) is 35.4 Å². The van der Waals surface area contributed by atoms with Crippen LogP contribution in [0.2, 0.25) is 0 Å². The molecule has 1 aromatic carbocycles. The first-order valence-electron chi connectivity index (χ1n) is 7.37. The number of aliphatic hydroxyl groups excluding tert-OH is 1. The van der Waals surface area contributed by atoms with E-state index in [9.17, 15) is 4.79 Å². The molecule has 0 aliphatic rings. The number of hydrogen-bond donors (Lipinski definition) is 2. The van der Waals surface area contributed by atoms with Crippen molar-refractivity contribution in [3.63, 3.8) is 0 Å². The molecule has 0 atom stereocenters. The minimum Gasteiger partial charge on any atom is -0.395 e. The van der Waals surface area contributed by atoms with E-state index in [1.54, 1.807) is 0 Å². The number of aliphatic hydroxyl groups is 1. The Hall–Kier alpha value is -1.83. The summed E-state index contributed by atoms with van der Waals surface area (Å²) in [5, 5.41) is 11.5. The van der Waals surface area contributed by atoms with Gasteiger partial charge in [0.2, 0.25) is 5.91 Å². The second-order valence-electron chi connectivity index (χ2n) is 4.73. The molecule has 0 fully saturated rings. The molecule has 4 heteroatoms. The third-order valence-corrected chi connectivity index (χ3v) is 2.99. The lowest BCUT2D eigenvalue weighted by Crippen LogP contribution is -2.36. The van der Waals surface area contributed by atoms with Crippen LogP contribution in [-0.2, 0) is 11.3 Å². The summed E-state index contributed by atoms with van der Waals surface area (Å²) in [6.45, 7) is 6.66. The monoisotopic (exact) mass is 288 g/mol. The van der Waals surface area contributed by atoms with Crippen molar-refractivity contribution in [2.75, 3.05) is 26.2 Å². The van der Waals surface area contributed by atoms with Crippen LogP contribution in [0.1, 0.15) is 31.4 Å². The smallest absolute Gasteiger partial charge is 0.234 e. The molecule has 2 N–H and O–H groups in total. The highest BCUT2D eigenvalue weighted by atomic mass is 16.2. The molecule has 0 bridgehead atoms. The average molecular weight is 288 g/mol. The SMILES string of the molecule is CCNC(=O)CN(CC)Cc1cccc(C#CCCO)c1. The maximum absolute atomic E-state index is 11.6. The van der Waals surface area contributed by atoms with Gasteiger partial charge in [0.25, 0.3) is 0 Å². The van der Waals surface area contributed by atoms with Gasteiger partial charge >= 0.3 is 0 Å². The molecule has 0 aromatic heterocycles. The number of likely N-dealkylation sites (N-methyl/N-ethyl adjacent to an activating group) is 2. The van der Waals surface area contributed by atoms with Crippen LogP contribution in [0.25, 0.3) is 0 Å². The number of amides is 1. The van der Waals surface area contributed by atoms with E-state index < -0.39 is 0 Å². The van der Waals surface area contributed by atoms with E-state index in [-0.39, 0.29) is 12.5 Å². The zero-order chi connectivity index (χ0) is 15.5. The summed E-state index contributed by atoms with van der Waals surface area (Å²) in [4.78, 5) is 13.7. The van der Waals surface area contributed by atoms with Gasteiger partial charge in [-0.05, 0) is 31.2 Å². The van der Waals surface area contributed by atoms with E-state index in [4.69, 9.17) is 5.11 Å². The Balaban J connectivity index is 2.66. The highest BCUT2D eigenvalue weighted by molar-refractivity contribution is 5.77. The molecule has 0 spiro atoms. The summed E-state index contributed by atoms with van der Waals surface area (Å²) in [5.74, 6) is 6.00. The zero-order valence-corrected chi connectivity index (χ0v) is 12.9. The van der Waals surface area contributed by atoms with Crippen LogP contribution in [0.5, 0.6) is 0 Å². The van der Waals surface area contributed by atoms with Gasteiger partial charge in [-0.3, -0.25) is 9.69 Å². The Morgan fingerprint density at radius 3 is 2.86 bits per heavy atom. The molecule has 0 saturated carbocycles. The summed E-state index contributed by atoms with van der Waals surface area (Å²) < 4.78 is 0. The number of benzene rings is 1. The Morgan fingerprint density at radius 1 is 1.38 bits per heavy atom. The number of rotatable bonds is 7. The van der Waals surface area contributed by atoms with Crippen LogP contribution in [0.15, 0.2) is 24.3 Å². The van der Waals surface area contributed by atoms with Gasteiger partial charge in [-0.2, -0.15) is 0 Å². The second kappa shape index (κ2) is 9.98. The van der Waals surface area contributed by atoms with Crippen molar-refractivity contribution >= 4 is 5.91 Å². The van der Waals surface area contributed by atoms with Crippen molar-refractivity contribution in [1.82, 2.24) is 10.2 Å². The number of carbonyl (C=O) groups is 1. The summed E-state index contributed by atoms with van der Waals surface area (Å²) in [7, 11) is 0. The van der Waals surface area contributed by atoms with Gasteiger partial charge in [-0.15, -0.1) is 0 Å². The van der Waals surface area contributed by atoms with E-state index in [2.05, 4.69) is 22.1 Å². The lowest BCUT2D eigenvalue weighted by Gasteiger charge is -2.19. The summed E-state index contributed by atoms with van der Waals surface area (Å²) in [6.07, 6.45) is 0.489. The molecule has 4 nitrogen and oxygen atoms in total. The molecular weight excluding hydrogens is 264 g/mol. The average Bonchev–Trinajstić information content (AvgIpc) is 2.47. The Labute approximate surface area is 127 Å². The first-order valence-corrected chi connectivity index (χ1v) is 7.37. The summed E-state index contributed by atoms with van der Waals surface area (Å²) in [6, 6.07) is 7.99. The standard InChI is InChI=1S/C17H24N2O2/c1-3-18-17(21)14-19(4-2)13-16-10-7-9-15(12-16)8-5-6-11-20/h7,9-10,12,20H,3-4,6,11,13-14H2,1-2H3,(H,18,21). The van der Waals surface area contributed by atoms with Crippen molar-refractivity contribution < 1.29 is 9.90 Å². The first kappa shape index (κ1) is 17.2. The molecule has 0 radical (unpaired) electrons. The van der Waals surface area contributed by atoms with Crippen LogP contribution in [0.4, 0.5) is 0 Å². The van der Waals surface area contributed by atoms with Gasteiger partial charge in [0.1, 0.15) is 0 Å². The highest BCUT2D eigenvalue weighted by Crippen LogP contribution is 2.07. The van der Waals surface area contributed by atoms with Crippen LogP contribution < -0.4 is 5.32 Å². The largest absolute Gasteiger partial charge is 0.395 e.